The number of imide groups is 1. The summed E-state index contributed by atoms with van der Waals surface area (Å²) < 4.78 is 23.0. The Kier molecular flexibility index (Phi) is 3.98. The number of aliphatic imine (C=N–C) groups is 1. The quantitative estimate of drug-likeness (QED) is 0.774. The van der Waals surface area contributed by atoms with Crippen LogP contribution in [0.3, 0.4) is 0 Å². The molecular formula is C17H20N6O4S. The Hall–Kier alpha value is -2.92. The van der Waals surface area contributed by atoms with Crippen LogP contribution in [0, 0.1) is 0 Å². The number of carbonyl (C=O) groups excluding carboxylic acids is 2. The standard InChI is InChI=1S/C17H20N6O4S/c1-4-21-15(24)13-14(20(3)17(21)25)19-16-22(13)9-10(2)23(16)11-5-7-12(8-6-11)28(18,26)27/h5-9,13-14H,4H2,1-3H3,(H2,18,26,27). The molecule has 4 rings (SSSR count). The zero-order valence-corrected chi connectivity index (χ0v) is 16.4. The molecule has 1 fully saturated rings. The highest BCUT2D eigenvalue weighted by Gasteiger charge is 2.54. The normalized spacial score (nSPS) is 24.4. The molecule has 2 N–H and O–H groups in total. The fourth-order valence-corrected chi connectivity index (χ4v) is 4.26. The maximum Gasteiger partial charge on any atom is 0.328 e. The Morgan fingerprint density at radius 3 is 2.39 bits per heavy atom. The molecule has 3 heterocycles. The van der Waals surface area contributed by atoms with Gasteiger partial charge in [0, 0.05) is 31.2 Å². The summed E-state index contributed by atoms with van der Waals surface area (Å²) in [7, 11) is -2.16. The van der Waals surface area contributed by atoms with Crippen LogP contribution >= 0.6 is 0 Å². The average Bonchev–Trinajstić information content (AvgIpc) is 3.14. The van der Waals surface area contributed by atoms with E-state index in [0.717, 1.165) is 5.70 Å². The van der Waals surface area contributed by atoms with Gasteiger partial charge in [-0.1, -0.05) is 0 Å². The lowest BCUT2D eigenvalue weighted by Gasteiger charge is -2.39. The smallest absolute Gasteiger partial charge is 0.302 e. The second-order valence-electron chi connectivity index (χ2n) is 6.82. The minimum Gasteiger partial charge on any atom is -0.302 e. The number of hydrogen-bond acceptors (Lipinski definition) is 7. The van der Waals surface area contributed by atoms with Crippen molar-refractivity contribution >= 4 is 33.6 Å². The van der Waals surface area contributed by atoms with Crippen LogP contribution in [0.1, 0.15) is 13.8 Å². The summed E-state index contributed by atoms with van der Waals surface area (Å²) in [5.41, 5.74) is 1.49. The van der Waals surface area contributed by atoms with Gasteiger partial charge in [0.05, 0.1) is 4.90 Å². The third-order valence-corrected chi connectivity index (χ3v) is 6.06. The first kappa shape index (κ1) is 18.4. The number of nitrogens with zero attached hydrogens (tertiary/aromatic N) is 5. The van der Waals surface area contributed by atoms with Gasteiger partial charge in [-0.25, -0.2) is 23.3 Å². The van der Waals surface area contributed by atoms with Crippen LogP contribution in [-0.4, -0.2) is 66.8 Å². The summed E-state index contributed by atoms with van der Waals surface area (Å²) >= 11 is 0. The minimum absolute atomic E-state index is 0.00932. The van der Waals surface area contributed by atoms with E-state index in [9.17, 15) is 18.0 Å². The number of hydrogen-bond donors (Lipinski definition) is 1. The van der Waals surface area contributed by atoms with Gasteiger partial charge in [0.1, 0.15) is 0 Å². The monoisotopic (exact) mass is 404 g/mol. The third kappa shape index (κ3) is 2.50. The van der Waals surface area contributed by atoms with Gasteiger partial charge in [0.2, 0.25) is 16.0 Å². The van der Waals surface area contributed by atoms with E-state index in [0.29, 0.717) is 11.6 Å². The van der Waals surface area contributed by atoms with Crippen molar-refractivity contribution in [3.05, 3.63) is 36.2 Å². The van der Waals surface area contributed by atoms with Crippen LogP contribution in [-0.2, 0) is 14.8 Å². The highest BCUT2D eigenvalue weighted by molar-refractivity contribution is 7.89. The lowest BCUT2D eigenvalue weighted by atomic mass is 10.1. The van der Waals surface area contributed by atoms with E-state index in [1.54, 1.807) is 31.0 Å². The van der Waals surface area contributed by atoms with Crippen molar-refractivity contribution in [2.75, 3.05) is 18.5 Å². The van der Waals surface area contributed by atoms with Crippen LogP contribution in [0.2, 0.25) is 0 Å². The van der Waals surface area contributed by atoms with Crippen LogP contribution in [0.15, 0.2) is 46.1 Å². The van der Waals surface area contributed by atoms with Gasteiger partial charge in [-0.3, -0.25) is 14.6 Å². The predicted molar refractivity (Wildman–Crippen MR) is 101 cm³/mol. The number of primary sulfonamides is 1. The van der Waals surface area contributed by atoms with Gasteiger partial charge >= 0.3 is 6.03 Å². The number of amides is 3. The number of anilines is 1. The number of carbonyl (C=O) groups is 2. The number of nitrogens with two attached hydrogens (primary N) is 1. The molecule has 0 aromatic heterocycles. The fourth-order valence-electron chi connectivity index (χ4n) is 3.75. The first-order valence-corrected chi connectivity index (χ1v) is 10.3. The molecule has 2 unspecified atom stereocenters. The molecule has 0 saturated carbocycles. The van der Waals surface area contributed by atoms with Gasteiger partial charge in [-0.15, -0.1) is 0 Å². The number of sulfonamides is 1. The van der Waals surface area contributed by atoms with Gasteiger partial charge in [-0.2, -0.15) is 0 Å². The molecule has 1 aromatic rings. The number of fused-ring (bicyclic) bond motifs is 3. The second-order valence-corrected chi connectivity index (χ2v) is 8.38. The van der Waals surface area contributed by atoms with Crippen molar-refractivity contribution in [2.24, 2.45) is 10.1 Å². The second kappa shape index (κ2) is 6.04. The molecule has 3 amide bonds. The number of benzene rings is 1. The van der Waals surface area contributed by atoms with Crippen LogP contribution in [0.25, 0.3) is 0 Å². The summed E-state index contributed by atoms with van der Waals surface area (Å²) in [5.74, 6) is 0.228. The number of urea groups is 1. The maximum atomic E-state index is 12.9. The van der Waals surface area contributed by atoms with Crippen LogP contribution in [0.4, 0.5) is 10.5 Å². The van der Waals surface area contributed by atoms with E-state index >= 15 is 0 Å². The summed E-state index contributed by atoms with van der Waals surface area (Å²) in [6.07, 6.45) is 1.19. The van der Waals surface area contributed by atoms with Crippen molar-refractivity contribution in [3.8, 4) is 0 Å². The van der Waals surface area contributed by atoms with E-state index < -0.39 is 22.2 Å². The molecular weight excluding hydrogens is 384 g/mol. The molecule has 0 aliphatic carbocycles. The lowest BCUT2D eigenvalue weighted by molar-refractivity contribution is -0.136. The van der Waals surface area contributed by atoms with Gasteiger partial charge in [0.15, 0.2) is 12.2 Å². The van der Waals surface area contributed by atoms with E-state index in [4.69, 9.17) is 5.14 Å². The van der Waals surface area contributed by atoms with E-state index in [1.165, 1.54) is 21.9 Å². The Labute approximate surface area is 162 Å². The predicted octanol–water partition coefficient (Wildman–Crippen LogP) is 0.296. The van der Waals surface area contributed by atoms with Gasteiger partial charge in [-0.05, 0) is 38.1 Å². The molecule has 0 spiro atoms. The summed E-state index contributed by atoms with van der Waals surface area (Å²) in [6, 6.07) is 5.09. The Morgan fingerprint density at radius 1 is 1.18 bits per heavy atom. The topological polar surface area (TPSA) is 120 Å². The zero-order valence-electron chi connectivity index (χ0n) is 15.6. The van der Waals surface area contributed by atoms with Crippen LogP contribution < -0.4 is 10.0 Å². The molecule has 10 nitrogen and oxygen atoms in total. The summed E-state index contributed by atoms with van der Waals surface area (Å²) in [5, 5.41) is 5.16. The minimum atomic E-state index is -3.79. The van der Waals surface area contributed by atoms with E-state index in [1.807, 2.05) is 18.0 Å². The Balaban J connectivity index is 1.72. The van der Waals surface area contributed by atoms with Crippen molar-refractivity contribution in [3.63, 3.8) is 0 Å². The Bertz CT molecular complexity index is 1030. The third-order valence-electron chi connectivity index (χ3n) is 5.13. The maximum absolute atomic E-state index is 12.9. The number of likely N-dealkylation sites (N-methyl/N-ethyl adjacent to an activating group) is 2. The highest BCUT2D eigenvalue weighted by Crippen LogP contribution is 2.36. The molecule has 1 saturated heterocycles. The van der Waals surface area contributed by atoms with E-state index in [-0.39, 0.29) is 23.4 Å². The Morgan fingerprint density at radius 2 is 1.82 bits per heavy atom. The van der Waals surface area contributed by atoms with Crippen molar-refractivity contribution in [2.45, 2.75) is 31.0 Å². The largest absolute Gasteiger partial charge is 0.328 e. The molecule has 28 heavy (non-hydrogen) atoms. The van der Waals surface area contributed by atoms with Crippen molar-refractivity contribution in [1.82, 2.24) is 14.7 Å². The van der Waals surface area contributed by atoms with Crippen molar-refractivity contribution < 1.29 is 18.0 Å². The molecule has 1 aromatic carbocycles. The molecule has 0 bridgehead atoms. The number of rotatable bonds is 3. The lowest BCUT2D eigenvalue weighted by Crippen LogP contribution is -2.64. The van der Waals surface area contributed by atoms with E-state index in [2.05, 4.69) is 4.99 Å². The highest BCUT2D eigenvalue weighted by atomic mass is 32.2. The fraction of sp³-hybridized carbons (Fsp3) is 0.353. The van der Waals surface area contributed by atoms with Crippen molar-refractivity contribution in [1.29, 1.82) is 0 Å². The average molecular weight is 404 g/mol. The first-order chi connectivity index (χ1) is 13.1. The first-order valence-electron chi connectivity index (χ1n) is 8.71. The molecule has 148 valence electrons. The molecule has 0 radical (unpaired) electrons. The molecule has 3 aliphatic heterocycles. The zero-order chi connectivity index (χ0) is 20.4. The molecule has 2 atom stereocenters. The number of guanidine groups is 1. The summed E-state index contributed by atoms with van der Waals surface area (Å²) in [6.45, 7) is 3.91. The summed E-state index contributed by atoms with van der Waals surface area (Å²) in [4.78, 5) is 36.2. The number of allylic oxidation sites excluding steroid dienone is 1. The van der Waals surface area contributed by atoms with Crippen LogP contribution in [0.5, 0.6) is 0 Å². The molecule has 11 heteroatoms. The van der Waals surface area contributed by atoms with Gasteiger partial charge in [0.25, 0.3) is 5.91 Å². The van der Waals surface area contributed by atoms with Gasteiger partial charge < -0.3 is 9.80 Å². The SMILES string of the molecule is CCN1C(=O)C2C(N=C3N(c4ccc(S(N)(=O)=O)cc4)C(C)=CN32)N(C)C1=O. The molecule has 3 aliphatic rings.